The van der Waals surface area contributed by atoms with E-state index in [4.69, 9.17) is 5.84 Å². The number of hydrazine groups is 1. The molecule has 0 amide bonds. The highest BCUT2D eigenvalue weighted by molar-refractivity contribution is 5.19. The van der Waals surface area contributed by atoms with E-state index in [0.29, 0.717) is 5.92 Å². The summed E-state index contributed by atoms with van der Waals surface area (Å²) in [4.78, 5) is 2.31. The van der Waals surface area contributed by atoms with Crippen LogP contribution in [0.5, 0.6) is 0 Å². The van der Waals surface area contributed by atoms with E-state index in [0.717, 1.165) is 24.8 Å². The van der Waals surface area contributed by atoms with Gasteiger partial charge in [0.1, 0.15) is 5.82 Å². The lowest BCUT2D eigenvalue weighted by Gasteiger charge is -2.50. The first-order valence-electron chi connectivity index (χ1n) is 7.86. The van der Waals surface area contributed by atoms with Crippen LogP contribution in [0.3, 0.4) is 0 Å². The van der Waals surface area contributed by atoms with Crippen molar-refractivity contribution in [3.05, 3.63) is 35.6 Å². The molecule has 3 N–H and O–H groups in total. The minimum Gasteiger partial charge on any atom is -0.302 e. The zero-order chi connectivity index (χ0) is 15.5. The fraction of sp³-hybridized carbons (Fsp3) is 0.647. The van der Waals surface area contributed by atoms with Gasteiger partial charge in [-0.1, -0.05) is 31.9 Å². The van der Waals surface area contributed by atoms with Crippen molar-refractivity contribution in [3.63, 3.8) is 0 Å². The zero-order valence-corrected chi connectivity index (χ0v) is 13.4. The van der Waals surface area contributed by atoms with Crippen LogP contribution in [0.4, 0.5) is 4.39 Å². The number of halogens is 1. The minimum atomic E-state index is -0.181. The van der Waals surface area contributed by atoms with E-state index in [2.05, 4.69) is 31.3 Å². The molecule has 1 saturated carbocycles. The van der Waals surface area contributed by atoms with Crippen molar-refractivity contribution in [1.29, 1.82) is 0 Å². The summed E-state index contributed by atoms with van der Waals surface area (Å²) in [7, 11) is 4.27. The molecular weight excluding hydrogens is 265 g/mol. The standard InChI is InChI=1S/C17H28FN3/c1-13-6-5-9-17(12-13,21(2)3)16(20-19)11-14-7-4-8-15(18)10-14/h4,7-8,10,13,16,20H,5-6,9,11-12,19H2,1-3H3. The Kier molecular flexibility index (Phi) is 5.36. The largest absolute Gasteiger partial charge is 0.302 e. The van der Waals surface area contributed by atoms with Gasteiger partial charge in [0.2, 0.25) is 0 Å². The molecule has 1 aromatic rings. The molecule has 1 fully saturated rings. The van der Waals surface area contributed by atoms with E-state index in [9.17, 15) is 4.39 Å². The maximum absolute atomic E-state index is 13.4. The quantitative estimate of drug-likeness (QED) is 0.648. The highest BCUT2D eigenvalue weighted by Crippen LogP contribution is 2.39. The Hall–Kier alpha value is -0.970. The summed E-state index contributed by atoms with van der Waals surface area (Å²) in [5.74, 6) is 6.40. The summed E-state index contributed by atoms with van der Waals surface area (Å²) < 4.78 is 13.4. The first-order chi connectivity index (χ1) is 9.98. The Bertz CT molecular complexity index is 463. The fourth-order valence-corrected chi connectivity index (χ4v) is 3.90. The minimum absolute atomic E-state index is 0.0404. The highest BCUT2D eigenvalue weighted by atomic mass is 19.1. The maximum atomic E-state index is 13.4. The van der Waals surface area contributed by atoms with E-state index in [1.165, 1.54) is 18.9 Å². The molecule has 4 heteroatoms. The van der Waals surface area contributed by atoms with Gasteiger partial charge in [-0.15, -0.1) is 0 Å². The van der Waals surface area contributed by atoms with Crippen LogP contribution in [-0.2, 0) is 6.42 Å². The number of nitrogens with two attached hydrogens (primary N) is 1. The average Bonchev–Trinajstić information content (AvgIpc) is 2.44. The Morgan fingerprint density at radius 2 is 2.24 bits per heavy atom. The lowest BCUT2D eigenvalue weighted by Crippen LogP contribution is -2.63. The molecule has 0 aromatic heterocycles. The lowest BCUT2D eigenvalue weighted by molar-refractivity contribution is 0.0373. The summed E-state index contributed by atoms with van der Waals surface area (Å²) in [6.45, 7) is 2.31. The van der Waals surface area contributed by atoms with Gasteiger partial charge in [0.15, 0.2) is 0 Å². The van der Waals surface area contributed by atoms with Gasteiger partial charge in [0.05, 0.1) is 0 Å². The van der Waals surface area contributed by atoms with Crippen LogP contribution < -0.4 is 11.3 Å². The molecule has 0 saturated heterocycles. The van der Waals surface area contributed by atoms with Crippen molar-refractivity contribution in [2.75, 3.05) is 14.1 Å². The van der Waals surface area contributed by atoms with Crippen LogP contribution in [0, 0.1) is 11.7 Å². The van der Waals surface area contributed by atoms with Crippen molar-refractivity contribution in [2.24, 2.45) is 11.8 Å². The van der Waals surface area contributed by atoms with Crippen molar-refractivity contribution >= 4 is 0 Å². The second-order valence-corrected chi connectivity index (χ2v) is 6.75. The Morgan fingerprint density at radius 1 is 1.48 bits per heavy atom. The van der Waals surface area contributed by atoms with Gasteiger partial charge in [-0.25, -0.2) is 4.39 Å². The second-order valence-electron chi connectivity index (χ2n) is 6.75. The van der Waals surface area contributed by atoms with Gasteiger partial charge in [0, 0.05) is 11.6 Å². The number of nitrogens with zero attached hydrogens (tertiary/aromatic N) is 1. The number of hydrogen-bond acceptors (Lipinski definition) is 3. The molecule has 3 atom stereocenters. The topological polar surface area (TPSA) is 41.3 Å². The van der Waals surface area contributed by atoms with Crippen LogP contribution in [-0.4, -0.2) is 30.6 Å². The normalized spacial score (nSPS) is 27.8. The van der Waals surface area contributed by atoms with E-state index in [1.807, 2.05) is 6.07 Å². The third kappa shape index (κ3) is 3.62. The molecule has 0 spiro atoms. The first kappa shape index (κ1) is 16.4. The molecule has 3 nitrogen and oxygen atoms in total. The van der Waals surface area contributed by atoms with E-state index >= 15 is 0 Å². The van der Waals surface area contributed by atoms with E-state index < -0.39 is 0 Å². The Balaban J connectivity index is 2.23. The lowest BCUT2D eigenvalue weighted by atomic mass is 9.70. The Morgan fingerprint density at radius 3 is 2.81 bits per heavy atom. The first-order valence-corrected chi connectivity index (χ1v) is 7.86. The van der Waals surface area contributed by atoms with Crippen molar-refractivity contribution in [2.45, 2.75) is 50.6 Å². The third-order valence-electron chi connectivity index (χ3n) is 5.08. The summed E-state index contributed by atoms with van der Waals surface area (Å²) in [5, 5.41) is 0. The fourth-order valence-electron chi connectivity index (χ4n) is 3.90. The van der Waals surface area contributed by atoms with Gasteiger partial charge in [-0.05, 0) is 57.0 Å². The summed E-state index contributed by atoms with van der Waals surface area (Å²) >= 11 is 0. The number of hydrogen-bond donors (Lipinski definition) is 2. The summed E-state index contributed by atoms with van der Waals surface area (Å²) in [5.41, 5.74) is 4.06. The van der Waals surface area contributed by atoms with Crippen LogP contribution >= 0.6 is 0 Å². The SMILES string of the molecule is CC1CCCC(C(Cc2cccc(F)c2)NN)(N(C)C)C1. The van der Waals surface area contributed by atoms with Gasteiger partial charge in [0.25, 0.3) is 0 Å². The van der Waals surface area contributed by atoms with Gasteiger partial charge in [-0.3, -0.25) is 11.3 Å². The summed E-state index contributed by atoms with van der Waals surface area (Å²) in [6.07, 6.45) is 5.52. The number of rotatable bonds is 5. The molecule has 0 heterocycles. The van der Waals surface area contributed by atoms with Crippen LogP contribution in [0.25, 0.3) is 0 Å². The molecule has 1 aliphatic rings. The molecule has 0 bridgehead atoms. The van der Waals surface area contributed by atoms with Crippen LogP contribution in [0.2, 0.25) is 0 Å². The van der Waals surface area contributed by atoms with Crippen LogP contribution in [0.15, 0.2) is 24.3 Å². The average molecular weight is 293 g/mol. The van der Waals surface area contributed by atoms with Crippen molar-refractivity contribution in [3.8, 4) is 0 Å². The third-order valence-corrected chi connectivity index (χ3v) is 5.08. The molecule has 0 aliphatic heterocycles. The molecule has 118 valence electrons. The zero-order valence-electron chi connectivity index (χ0n) is 13.4. The van der Waals surface area contributed by atoms with Gasteiger partial charge < -0.3 is 4.90 Å². The highest BCUT2D eigenvalue weighted by Gasteiger charge is 2.43. The smallest absolute Gasteiger partial charge is 0.123 e. The number of likely N-dealkylation sites (N-methyl/N-ethyl adjacent to an activating group) is 1. The Labute approximate surface area is 127 Å². The predicted octanol–water partition coefficient (Wildman–Crippen LogP) is 2.71. The number of benzene rings is 1. The summed E-state index contributed by atoms with van der Waals surface area (Å²) in [6, 6.07) is 6.96. The predicted molar refractivity (Wildman–Crippen MR) is 85.3 cm³/mol. The molecule has 2 rings (SSSR count). The number of nitrogens with one attached hydrogen (secondary N) is 1. The molecule has 1 aliphatic carbocycles. The van der Waals surface area contributed by atoms with E-state index in [1.54, 1.807) is 12.1 Å². The van der Waals surface area contributed by atoms with Crippen LogP contribution in [0.1, 0.15) is 38.2 Å². The molecular formula is C17H28FN3. The van der Waals surface area contributed by atoms with Gasteiger partial charge in [-0.2, -0.15) is 0 Å². The molecule has 0 radical (unpaired) electrons. The monoisotopic (exact) mass is 293 g/mol. The second kappa shape index (κ2) is 6.86. The maximum Gasteiger partial charge on any atom is 0.123 e. The van der Waals surface area contributed by atoms with Crippen molar-refractivity contribution in [1.82, 2.24) is 10.3 Å². The molecule has 1 aromatic carbocycles. The van der Waals surface area contributed by atoms with Crippen molar-refractivity contribution < 1.29 is 4.39 Å². The molecule has 21 heavy (non-hydrogen) atoms. The van der Waals surface area contributed by atoms with Gasteiger partial charge >= 0.3 is 0 Å². The van der Waals surface area contributed by atoms with E-state index in [-0.39, 0.29) is 17.4 Å². The molecule has 3 unspecified atom stereocenters.